The van der Waals surface area contributed by atoms with Gasteiger partial charge in [0.2, 0.25) is 10.0 Å². The van der Waals surface area contributed by atoms with Gasteiger partial charge in [-0.1, -0.05) is 18.2 Å². The number of hydrogen-bond acceptors (Lipinski definition) is 4. The smallest absolute Gasteiger partial charge is 0.243 e. The van der Waals surface area contributed by atoms with Crippen LogP contribution in [0.1, 0.15) is 23.1 Å². The second-order valence-electron chi connectivity index (χ2n) is 7.21. The lowest BCUT2D eigenvalue weighted by atomic mass is 10.1. The molecule has 146 valence electrons. The number of aryl methyl sites for hydroxylation is 2. The number of anilines is 1. The Kier molecular flexibility index (Phi) is 6.11. The zero-order valence-electron chi connectivity index (χ0n) is 15.3. The van der Waals surface area contributed by atoms with Crippen LogP contribution in [-0.2, 0) is 29.4 Å². The highest BCUT2D eigenvalue weighted by molar-refractivity contribution is 7.89. The van der Waals surface area contributed by atoms with Gasteiger partial charge in [0.05, 0.1) is 4.90 Å². The van der Waals surface area contributed by atoms with Crippen molar-refractivity contribution in [2.75, 3.05) is 31.9 Å². The van der Waals surface area contributed by atoms with Crippen molar-refractivity contribution in [2.45, 2.75) is 30.7 Å². The number of fused-ring (bicyclic) bond motifs is 1. The summed E-state index contributed by atoms with van der Waals surface area (Å²) in [6, 6.07) is 13.5. The van der Waals surface area contributed by atoms with Gasteiger partial charge in [-0.3, -0.25) is 4.90 Å². The van der Waals surface area contributed by atoms with E-state index in [4.69, 9.17) is 5.73 Å². The molecular formula is C20H26ClN3O2S. The molecule has 1 heterocycles. The molecule has 0 bridgehead atoms. The van der Waals surface area contributed by atoms with E-state index in [1.54, 1.807) is 10.4 Å². The molecule has 5 nitrogen and oxygen atoms in total. The molecule has 0 saturated carbocycles. The number of piperazine rings is 1. The zero-order valence-corrected chi connectivity index (χ0v) is 16.9. The first-order valence-corrected chi connectivity index (χ1v) is 10.6. The predicted octanol–water partition coefficient (Wildman–Crippen LogP) is 2.69. The van der Waals surface area contributed by atoms with E-state index >= 15 is 0 Å². The Labute approximate surface area is 167 Å². The lowest BCUT2D eigenvalue weighted by Crippen LogP contribution is -2.48. The maximum Gasteiger partial charge on any atom is 0.243 e. The number of rotatable bonds is 4. The molecule has 1 saturated heterocycles. The Morgan fingerprint density at radius 1 is 0.926 bits per heavy atom. The molecule has 2 aromatic carbocycles. The third kappa shape index (κ3) is 4.29. The summed E-state index contributed by atoms with van der Waals surface area (Å²) in [7, 11) is -3.40. The molecule has 2 N–H and O–H groups in total. The molecule has 7 heteroatoms. The lowest BCUT2D eigenvalue weighted by Gasteiger charge is -2.34. The maximum absolute atomic E-state index is 13.0. The van der Waals surface area contributed by atoms with Gasteiger partial charge in [0.1, 0.15) is 0 Å². The first kappa shape index (κ1) is 20.1. The highest BCUT2D eigenvalue weighted by Crippen LogP contribution is 2.27. The summed E-state index contributed by atoms with van der Waals surface area (Å²) in [6.07, 6.45) is 3.19. The van der Waals surface area contributed by atoms with E-state index in [1.165, 1.54) is 16.7 Å². The van der Waals surface area contributed by atoms with E-state index < -0.39 is 10.0 Å². The molecule has 2 aliphatic rings. The molecule has 0 radical (unpaired) electrons. The van der Waals surface area contributed by atoms with E-state index in [2.05, 4.69) is 11.0 Å². The summed E-state index contributed by atoms with van der Waals surface area (Å²) in [5.74, 6) is 0. The normalized spacial score (nSPS) is 18.1. The van der Waals surface area contributed by atoms with Gasteiger partial charge < -0.3 is 5.73 Å². The molecule has 0 amide bonds. The molecule has 4 rings (SSSR count). The molecule has 0 unspecified atom stereocenters. The lowest BCUT2D eigenvalue weighted by molar-refractivity contribution is 0.181. The summed E-state index contributed by atoms with van der Waals surface area (Å²) in [5.41, 5.74) is 10.3. The van der Waals surface area contributed by atoms with Crippen LogP contribution >= 0.6 is 12.4 Å². The van der Waals surface area contributed by atoms with Crippen LogP contribution in [0.2, 0.25) is 0 Å². The fourth-order valence-corrected chi connectivity index (χ4v) is 5.41. The molecule has 0 spiro atoms. The number of hydrogen-bond donors (Lipinski definition) is 1. The van der Waals surface area contributed by atoms with Crippen LogP contribution < -0.4 is 5.73 Å². The van der Waals surface area contributed by atoms with Crippen molar-refractivity contribution in [2.24, 2.45) is 0 Å². The van der Waals surface area contributed by atoms with Gasteiger partial charge in [0.25, 0.3) is 0 Å². The van der Waals surface area contributed by atoms with Gasteiger partial charge in [-0.2, -0.15) is 4.31 Å². The van der Waals surface area contributed by atoms with Crippen LogP contribution in [0.5, 0.6) is 0 Å². The molecule has 27 heavy (non-hydrogen) atoms. The molecule has 2 aromatic rings. The van der Waals surface area contributed by atoms with Crippen LogP contribution in [-0.4, -0.2) is 43.8 Å². The predicted molar refractivity (Wildman–Crippen MR) is 111 cm³/mol. The summed E-state index contributed by atoms with van der Waals surface area (Å²) in [5, 5.41) is 0. The number of halogens is 1. The van der Waals surface area contributed by atoms with Crippen molar-refractivity contribution in [3.8, 4) is 0 Å². The molecule has 1 fully saturated rings. The van der Waals surface area contributed by atoms with Gasteiger partial charge in [-0.15, -0.1) is 12.4 Å². The molecule has 1 aliphatic carbocycles. The van der Waals surface area contributed by atoms with Gasteiger partial charge in [-0.05, 0) is 60.2 Å². The minimum absolute atomic E-state index is 0. The van der Waals surface area contributed by atoms with Crippen molar-refractivity contribution in [1.82, 2.24) is 9.21 Å². The Hall–Kier alpha value is -1.60. The number of nitrogens with zero attached hydrogens (tertiary/aromatic N) is 2. The van der Waals surface area contributed by atoms with E-state index in [0.717, 1.165) is 44.6 Å². The third-order valence-corrected chi connectivity index (χ3v) is 7.29. The van der Waals surface area contributed by atoms with Crippen molar-refractivity contribution >= 4 is 28.1 Å². The average Bonchev–Trinajstić information content (AvgIpc) is 3.10. The standard InChI is InChI=1S/C20H25N3O2S.ClH/c21-19-6-1-3-16(13-19)15-22-9-11-23(12-10-22)26(24,25)20-8-7-17-4-2-5-18(17)14-20;/h1,3,6-8,13-14H,2,4-5,9-12,15,21H2;1H. The highest BCUT2D eigenvalue weighted by atomic mass is 35.5. The number of sulfonamides is 1. The largest absolute Gasteiger partial charge is 0.399 e. The SMILES string of the molecule is Cl.Nc1cccc(CN2CCN(S(=O)(=O)c3ccc4c(c3)CCC4)CC2)c1. The van der Waals surface area contributed by atoms with E-state index in [-0.39, 0.29) is 12.4 Å². The van der Waals surface area contributed by atoms with Crippen molar-refractivity contribution in [3.63, 3.8) is 0 Å². The van der Waals surface area contributed by atoms with E-state index in [9.17, 15) is 8.42 Å². The summed E-state index contributed by atoms with van der Waals surface area (Å²) >= 11 is 0. The van der Waals surface area contributed by atoms with Crippen LogP contribution in [0.15, 0.2) is 47.4 Å². The Morgan fingerprint density at radius 2 is 1.67 bits per heavy atom. The summed E-state index contributed by atoms with van der Waals surface area (Å²) < 4.78 is 27.6. The Morgan fingerprint density at radius 3 is 2.41 bits per heavy atom. The second kappa shape index (κ2) is 8.19. The molecule has 0 aromatic heterocycles. The van der Waals surface area contributed by atoms with Crippen molar-refractivity contribution in [3.05, 3.63) is 59.2 Å². The summed E-state index contributed by atoms with van der Waals surface area (Å²) in [4.78, 5) is 2.73. The average molecular weight is 408 g/mol. The van der Waals surface area contributed by atoms with Crippen LogP contribution in [0.3, 0.4) is 0 Å². The topological polar surface area (TPSA) is 66.6 Å². The van der Waals surface area contributed by atoms with Crippen LogP contribution in [0, 0.1) is 0 Å². The zero-order chi connectivity index (χ0) is 18.1. The quantitative estimate of drug-likeness (QED) is 0.791. The number of nitrogens with two attached hydrogens (primary N) is 1. The monoisotopic (exact) mass is 407 g/mol. The van der Waals surface area contributed by atoms with Crippen molar-refractivity contribution in [1.29, 1.82) is 0 Å². The molecule has 1 aliphatic heterocycles. The second-order valence-corrected chi connectivity index (χ2v) is 9.15. The van der Waals surface area contributed by atoms with E-state index in [0.29, 0.717) is 18.0 Å². The minimum atomic E-state index is -3.40. The maximum atomic E-state index is 13.0. The van der Waals surface area contributed by atoms with Crippen LogP contribution in [0.25, 0.3) is 0 Å². The molecule has 0 atom stereocenters. The third-order valence-electron chi connectivity index (χ3n) is 5.40. The minimum Gasteiger partial charge on any atom is -0.399 e. The van der Waals surface area contributed by atoms with E-state index in [1.807, 2.05) is 30.3 Å². The summed E-state index contributed by atoms with van der Waals surface area (Å²) in [6.45, 7) is 3.33. The van der Waals surface area contributed by atoms with Crippen molar-refractivity contribution < 1.29 is 8.42 Å². The first-order valence-electron chi connectivity index (χ1n) is 9.21. The Balaban J connectivity index is 0.00000210. The van der Waals surface area contributed by atoms with Gasteiger partial charge in [0.15, 0.2) is 0 Å². The molecular weight excluding hydrogens is 382 g/mol. The number of nitrogen functional groups attached to an aromatic ring is 1. The fraction of sp³-hybridized carbons (Fsp3) is 0.400. The first-order chi connectivity index (χ1) is 12.5. The fourth-order valence-electron chi connectivity index (χ4n) is 3.94. The number of benzene rings is 2. The van der Waals surface area contributed by atoms with Gasteiger partial charge in [-0.25, -0.2) is 8.42 Å². The van der Waals surface area contributed by atoms with Gasteiger partial charge >= 0.3 is 0 Å². The van der Waals surface area contributed by atoms with Crippen LogP contribution in [0.4, 0.5) is 5.69 Å². The highest BCUT2D eigenvalue weighted by Gasteiger charge is 2.29. The van der Waals surface area contributed by atoms with Gasteiger partial charge in [0, 0.05) is 38.4 Å². The Bertz CT molecular complexity index is 909.